The minimum Gasteiger partial charge on any atom is -0.375 e. The lowest BCUT2D eigenvalue weighted by molar-refractivity contribution is 0.119. The quantitative estimate of drug-likeness (QED) is 0.312. The molecule has 156 valence electrons. The number of ether oxygens (including phenoxy) is 1. The second-order valence-corrected chi connectivity index (χ2v) is 7.96. The highest BCUT2D eigenvalue weighted by atomic mass is 127. The van der Waals surface area contributed by atoms with Crippen molar-refractivity contribution >= 4 is 41.3 Å². The minimum absolute atomic E-state index is 0. The fraction of sp³-hybridized carbons (Fsp3) is 0.789. The lowest BCUT2D eigenvalue weighted by Gasteiger charge is -2.24. The Morgan fingerprint density at radius 1 is 1.41 bits per heavy atom. The van der Waals surface area contributed by atoms with Crippen molar-refractivity contribution in [3.8, 4) is 0 Å². The van der Waals surface area contributed by atoms with Crippen LogP contribution in [0.25, 0.3) is 0 Å². The number of likely N-dealkylation sites (N-methyl/N-ethyl adjacent to an activating group) is 1. The highest BCUT2D eigenvalue weighted by Crippen LogP contribution is 2.22. The van der Waals surface area contributed by atoms with Crippen molar-refractivity contribution < 1.29 is 4.74 Å². The maximum absolute atomic E-state index is 5.35. The summed E-state index contributed by atoms with van der Waals surface area (Å²) in [5.74, 6) is 0.946. The van der Waals surface area contributed by atoms with E-state index in [0.29, 0.717) is 0 Å². The first-order chi connectivity index (χ1) is 12.5. The van der Waals surface area contributed by atoms with Gasteiger partial charge in [-0.25, -0.2) is 4.98 Å². The summed E-state index contributed by atoms with van der Waals surface area (Å²) < 4.78 is 5.35. The summed E-state index contributed by atoms with van der Waals surface area (Å²) >= 11 is 1.66. The zero-order valence-electron chi connectivity index (χ0n) is 17.4. The van der Waals surface area contributed by atoms with E-state index in [4.69, 9.17) is 9.73 Å². The highest BCUT2D eigenvalue weighted by Gasteiger charge is 2.19. The number of nitrogens with zero attached hydrogens (tertiary/aromatic N) is 4. The van der Waals surface area contributed by atoms with Crippen LogP contribution in [0.1, 0.15) is 56.3 Å². The summed E-state index contributed by atoms with van der Waals surface area (Å²) in [5.41, 5.74) is 1.06. The average Bonchev–Trinajstić information content (AvgIpc) is 3.32. The molecule has 6 nitrogen and oxygen atoms in total. The van der Waals surface area contributed by atoms with Gasteiger partial charge in [0.05, 0.1) is 18.8 Å². The third-order valence-electron chi connectivity index (χ3n) is 5.03. The van der Waals surface area contributed by atoms with Crippen LogP contribution in [0.3, 0.4) is 0 Å². The largest absolute Gasteiger partial charge is 0.375 e. The number of hydrogen-bond acceptors (Lipinski definition) is 5. The molecule has 1 unspecified atom stereocenters. The van der Waals surface area contributed by atoms with Gasteiger partial charge in [-0.1, -0.05) is 12.8 Å². The van der Waals surface area contributed by atoms with Gasteiger partial charge in [0.15, 0.2) is 5.96 Å². The first-order valence-electron chi connectivity index (χ1n) is 9.71. The summed E-state index contributed by atoms with van der Waals surface area (Å²) in [6.45, 7) is 7.58. The maximum atomic E-state index is 5.35. The SMILES string of the molecule is CCNC(=NCCN(C)C1CCCC1)N(C)Cc1csc(C(C)OC)n1.I. The molecular formula is C19H36IN5OS. The van der Waals surface area contributed by atoms with Crippen molar-refractivity contribution in [2.75, 3.05) is 40.8 Å². The Kier molecular flexibility index (Phi) is 11.7. The molecule has 1 aromatic rings. The summed E-state index contributed by atoms with van der Waals surface area (Å²) in [6, 6.07) is 0.752. The predicted molar refractivity (Wildman–Crippen MR) is 125 cm³/mol. The molecular weight excluding hydrogens is 473 g/mol. The van der Waals surface area contributed by atoms with E-state index in [9.17, 15) is 0 Å². The van der Waals surface area contributed by atoms with Gasteiger partial charge in [0.1, 0.15) is 11.1 Å². The van der Waals surface area contributed by atoms with E-state index in [1.807, 2.05) is 6.92 Å². The fourth-order valence-electron chi connectivity index (χ4n) is 3.31. The number of thiazole rings is 1. The molecule has 1 N–H and O–H groups in total. The van der Waals surface area contributed by atoms with Gasteiger partial charge < -0.3 is 19.9 Å². The molecule has 0 aliphatic heterocycles. The number of halogens is 1. The molecule has 0 aromatic carbocycles. The number of nitrogens with one attached hydrogen (secondary N) is 1. The van der Waals surface area contributed by atoms with Crippen LogP contribution < -0.4 is 5.32 Å². The summed E-state index contributed by atoms with van der Waals surface area (Å²) in [6.07, 6.45) is 5.48. The number of rotatable bonds is 9. The van der Waals surface area contributed by atoms with Gasteiger partial charge in [-0.05, 0) is 33.7 Å². The summed E-state index contributed by atoms with van der Waals surface area (Å²) in [4.78, 5) is 14.1. The standard InChI is InChI=1S/C19H35N5OS.HI/c1-6-20-19(21-11-12-23(3)17-9-7-8-10-17)24(4)13-16-14-26-18(22-16)15(2)25-5;/h14-15,17H,6-13H2,1-5H3,(H,20,21);1H. The highest BCUT2D eigenvalue weighted by molar-refractivity contribution is 14.0. The number of aromatic nitrogens is 1. The van der Waals surface area contributed by atoms with Gasteiger partial charge in [0, 0.05) is 38.7 Å². The van der Waals surface area contributed by atoms with Gasteiger partial charge in [0.25, 0.3) is 0 Å². The molecule has 1 aliphatic carbocycles. The van der Waals surface area contributed by atoms with Gasteiger partial charge in [-0.2, -0.15) is 0 Å². The third-order valence-corrected chi connectivity index (χ3v) is 6.08. The zero-order valence-corrected chi connectivity index (χ0v) is 20.5. The second kappa shape index (κ2) is 12.9. The van der Waals surface area contributed by atoms with Crippen LogP contribution in [0.2, 0.25) is 0 Å². The van der Waals surface area contributed by atoms with Crippen LogP contribution in [0, 0.1) is 0 Å². The monoisotopic (exact) mass is 509 g/mol. The third kappa shape index (κ3) is 7.83. The predicted octanol–water partition coefficient (Wildman–Crippen LogP) is 3.74. The lowest BCUT2D eigenvalue weighted by Crippen LogP contribution is -2.39. The molecule has 8 heteroatoms. The van der Waals surface area contributed by atoms with Crippen LogP contribution in [0.4, 0.5) is 0 Å². The van der Waals surface area contributed by atoms with Crippen molar-refractivity contribution in [2.45, 2.75) is 58.2 Å². The molecule has 1 heterocycles. The number of hydrogen-bond donors (Lipinski definition) is 1. The second-order valence-electron chi connectivity index (χ2n) is 7.07. The lowest BCUT2D eigenvalue weighted by atomic mass is 10.2. The molecule has 0 saturated heterocycles. The Hall–Kier alpha value is -0.450. The van der Waals surface area contributed by atoms with E-state index in [1.54, 1.807) is 18.4 Å². The molecule has 0 spiro atoms. The Bertz CT molecular complexity index is 562. The number of methoxy groups -OCH3 is 1. The Morgan fingerprint density at radius 3 is 2.74 bits per heavy atom. The molecule has 1 atom stereocenters. The van der Waals surface area contributed by atoms with Crippen LogP contribution in [0.5, 0.6) is 0 Å². The van der Waals surface area contributed by atoms with E-state index in [1.165, 1.54) is 25.7 Å². The van der Waals surface area contributed by atoms with E-state index < -0.39 is 0 Å². The van der Waals surface area contributed by atoms with Crippen LogP contribution in [-0.2, 0) is 11.3 Å². The molecule has 0 radical (unpaired) electrons. The van der Waals surface area contributed by atoms with Crippen LogP contribution >= 0.6 is 35.3 Å². The Morgan fingerprint density at radius 2 is 2.11 bits per heavy atom. The van der Waals surface area contributed by atoms with Crippen LogP contribution in [-0.4, -0.2) is 67.6 Å². The minimum atomic E-state index is 0. The van der Waals surface area contributed by atoms with E-state index >= 15 is 0 Å². The van der Waals surface area contributed by atoms with Crippen molar-refractivity contribution in [1.82, 2.24) is 20.1 Å². The molecule has 0 bridgehead atoms. The Labute approximate surface area is 185 Å². The first-order valence-corrected chi connectivity index (χ1v) is 10.6. The van der Waals surface area contributed by atoms with E-state index in [-0.39, 0.29) is 30.1 Å². The van der Waals surface area contributed by atoms with Gasteiger partial charge >= 0.3 is 0 Å². The fourth-order valence-corrected chi connectivity index (χ4v) is 4.15. The maximum Gasteiger partial charge on any atom is 0.194 e. The van der Waals surface area contributed by atoms with E-state index in [0.717, 1.165) is 48.9 Å². The zero-order chi connectivity index (χ0) is 18.9. The van der Waals surface area contributed by atoms with Crippen molar-refractivity contribution in [3.05, 3.63) is 16.1 Å². The van der Waals surface area contributed by atoms with E-state index in [2.05, 4.69) is 46.5 Å². The van der Waals surface area contributed by atoms with Crippen molar-refractivity contribution in [3.63, 3.8) is 0 Å². The number of aliphatic imine (C=N–C) groups is 1. The van der Waals surface area contributed by atoms with Gasteiger partial charge in [0.2, 0.25) is 0 Å². The molecule has 1 aliphatic rings. The molecule has 1 fully saturated rings. The molecule has 2 rings (SSSR count). The molecule has 27 heavy (non-hydrogen) atoms. The van der Waals surface area contributed by atoms with Crippen LogP contribution in [0.15, 0.2) is 10.4 Å². The average molecular weight is 510 g/mol. The number of guanidine groups is 1. The first kappa shape index (κ1) is 24.6. The molecule has 1 saturated carbocycles. The van der Waals surface area contributed by atoms with Gasteiger partial charge in [-0.3, -0.25) is 4.99 Å². The smallest absolute Gasteiger partial charge is 0.194 e. The topological polar surface area (TPSA) is 53.0 Å². The molecule has 1 aromatic heterocycles. The Balaban J connectivity index is 0.00000364. The van der Waals surface area contributed by atoms with Crippen molar-refractivity contribution in [1.29, 1.82) is 0 Å². The summed E-state index contributed by atoms with van der Waals surface area (Å²) in [5, 5.41) is 6.53. The summed E-state index contributed by atoms with van der Waals surface area (Å²) in [7, 11) is 6.02. The molecule has 0 amide bonds. The van der Waals surface area contributed by atoms with Gasteiger partial charge in [-0.15, -0.1) is 35.3 Å². The van der Waals surface area contributed by atoms with Crippen molar-refractivity contribution in [2.24, 2.45) is 4.99 Å². The normalized spacial score (nSPS) is 16.4.